The van der Waals surface area contributed by atoms with Gasteiger partial charge in [-0.25, -0.2) is 14.0 Å². The van der Waals surface area contributed by atoms with Crippen LogP contribution in [0.1, 0.15) is 22.0 Å². The smallest absolute Gasteiger partial charge is 0.413 e. The van der Waals surface area contributed by atoms with Crippen LogP contribution in [-0.4, -0.2) is 32.1 Å². The molecule has 0 radical (unpaired) electrons. The van der Waals surface area contributed by atoms with Crippen molar-refractivity contribution in [1.82, 2.24) is 0 Å². The van der Waals surface area contributed by atoms with Crippen LogP contribution in [0.25, 0.3) is 0 Å². The number of nitrogens with zero attached hydrogens (tertiary/aromatic N) is 1. The number of nitrogens with one attached hydrogen (secondary N) is 1. The van der Waals surface area contributed by atoms with Crippen LogP contribution in [0.3, 0.4) is 0 Å². The van der Waals surface area contributed by atoms with Crippen molar-refractivity contribution in [2.75, 3.05) is 24.4 Å². The third-order valence-corrected chi connectivity index (χ3v) is 4.61. The number of methoxy groups -OCH3 is 1. The SMILES string of the molecule is COC(=O)N(C)c1ccccc1C(=O)O[C@H](C(=O)Nc1ccc(F)cc1)c1ccccc1. The van der Waals surface area contributed by atoms with Gasteiger partial charge in [0, 0.05) is 18.3 Å². The van der Waals surface area contributed by atoms with Crippen LogP contribution < -0.4 is 10.2 Å². The molecule has 3 rings (SSSR count). The summed E-state index contributed by atoms with van der Waals surface area (Å²) in [4.78, 5) is 39.1. The highest BCUT2D eigenvalue weighted by atomic mass is 19.1. The first kappa shape index (κ1) is 22.5. The summed E-state index contributed by atoms with van der Waals surface area (Å²) in [5.74, 6) is -1.87. The minimum Gasteiger partial charge on any atom is -0.452 e. The van der Waals surface area contributed by atoms with Crippen molar-refractivity contribution in [1.29, 1.82) is 0 Å². The molecule has 0 saturated carbocycles. The Morgan fingerprint density at radius 3 is 2.19 bits per heavy atom. The lowest BCUT2D eigenvalue weighted by atomic mass is 10.1. The maximum Gasteiger partial charge on any atom is 0.413 e. The summed E-state index contributed by atoms with van der Waals surface area (Å²) in [6, 6.07) is 20.0. The van der Waals surface area contributed by atoms with Crippen LogP contribution in [0.2, 0.25) is 0 Å². The molecule has 32 heavy (non-hydrogen) atoms. The van der Waals surface area contributed by atoms with Gasteiger partial charge in [0.15, 0.2) is 0 Å². The number of rotatable bonds is 6. The molecule has 0 aliphatic carbocycles. The Morgan fingerprint density at radius 1 is 0.906 bits per heavy atom. The predicted octanol–water partition coefficient (Wildman–Crippen LogP) is 4.57. The Kier molecular flexibility index (Phi) is 7.17. The number of carbonyl (C=O) groups excluding carboxylic acids is 3. The van der Waals surface area contributed by atoms with E-state index in [1.165, 1.54) is 44.5 Å². The summed E-state index contributed by atoms with van der Waals surface area (Å²) in [5.41, 5.74) is 1.13. The second-order valence-electron chi connectivity index (χ2n) is 6.74. The van der Waals surface area contributed by atoms with Gasteiger partial charge in [0.25, 0.3) is 5.91 Å². The van der Waals surface area contributed by atoms with Crippen LogP contribution in [-0.2, 0) is 14.3 Å². The average molecular weight is 436 g/mol. The standard InChI is InChI=1S/C24H21FN2O5/c1-27(24(30)31-2)20-11-7-6-10-19(20)23(29)32-21(16-8-4-3-5-9-16)22(28)26-18-14-12-17(25)13-15-18/h3-15,21H,1-2H3,(H,26,28)/t21-/m0/s1. The molecule has 0 spiro atoms. The first-order valence-electron chi connectivity index (χ1n) is 9.63. The normalized spacial score (nSPS) is 11.2. The minimum atomic E-state index is -1.29. The second kappa shape index (κ2) is 10.2. The topological polar surface area (TPSA) is 84.9 Å². The molecule has 1 N–H and O–H groups in total. The van der Waals surface area contributed by atoms with E-state index in [-0.39, 0.29) is 11.3 Å². The zero-order valence-corrected chi connectivity index (χ0v) is 17.4. The number of anilines is 2. The molecule has 1 atom stereocenters. The van der Waals surface area contributed by atoms with Crippen molar-refractivity contribution in [2.45, 2.75) is 6.10 Å². The summed E-state index contributed by atoms with van der Waals surface area (Å²) in [5, 5.41) is 2.62. The minimum absolute atomic E-state index is 0.0795. The van der Waals surface area contributed by atoms with E-state index in [1.807, 2.05) is 0 Å². The van der Waals surface area contributed by atoms with Gasteiger partial charge in [-0.2, -0.15) is 0 Å². The Morgan fingerprint density at radius 2 is 1.53 bits per heavy atom. The lowest BCUT2D eigenvalue weighted by molar-refractivity contribution is -0.125. The number of esters is 1. The van der Waals surface area contributed by atoms with Crippen LogP contribution >= 0.6 is 0 Å². The number of benzene rings is 3. The van der Waals surface area contributed by atoms with E-state index in [2.05, 4.69) is 5.32 Å². The summed E-state index contributed by atoms with van der Waals surface area (Å²) in [6.45, 7) is 0. The van der Waals surface area contributed by atoms with Crippen LogP contribution in [0.5, 0.6) is 0 Å². The number of amides is 2. The molecule has 0 bridgehead atoms. The van der Waals surface area contributed by atoms with Crippen molar-refractivity contribution in [3.05, 3.63) is 95.8 Å². The largest absolute Gasteiger partial charge is 0.452 e. The molecule has 164 valence electrons. The Bertz CT molecular complexity index is 1100. The van der Waals surface area contributed by atoms with Crippen LogP contribution in [0.15, 0.2) is 78.9 Å². The fraction of sp³-hybridized carbons (Fsp3) is 0.125. The van der Waals surface area contributed by atoms with Gasteiger partial charge >= 0.3 is 12.1 Å². The van der Waals surface area contributed by atoms with Gasteiger partial charge in [0.05, 0.1) is 18.4 Å². The number of ether oxygens (including phenoxy) is 2. The summed E-state index contributed by atoms with van der Waals surface area (Å²) in [6.07, 6.45) is -1.95. The fourth-order valence-electron chi connectivity index (χ4n) is 2.99. The van der Waals surface area contributed by atoms with E-state index >= 15 is 0 Å². The summed E-state index contributed by atoms with van der Waals surface area (Å²) in [7, 11) is 2.68. The number of halogens is 1. The van der Waals surface area contributed by atoms with Gasteiger partial charge in [-0.3, -0.25) is 9.69 Å². The van der Waals surface area contributed by atoms with Gasteiger partial charge < -0.3 is 14.8 Å². The van der Waals surface area contributed by atoms with Gasteiger partial charge in [0.2, 0.25) is 6.10 Å². The summed E-state index contributed by atoms with van der Waals surface area (Å²) < 4.78 is 23.5. The fourth-order valence-corrected chi connectivity index (χ4v) is 2.99. The highest BCUT2D eigenvalue weighted by molar-refractivity contribution is 6.02. The third-order valence-electron chi connectivity index (χ3n) is 4.61. The molecule has 3 aromatic rings. The van der Waals surface area contributed by atoms with E-state index in [9.17, 15) is 18.8 Å². The lowest BCUT2D eigenvalue weighted by Gasteiger charge is -2.21. The quantitative estimate of drug-likeness (QED) is 0.573. The molecular formula is C24H21FN2O5. The molecule has 0 aliphatic rings. The molecule has 7 nitrogen and oxygen atoms in total. The van der Waals surface area contributed by atoms with Crippen LogP contribution in [0, 0.1) is 5.82 Å². The van der Waals surface area contributed by atoms with Crippen molar-refractivity contribution in [2.24, 2.45) is 0 Å². The zero-order valence-electron chi connectivity index (χ0n) is 17.4. The molecule has 0 aromatic heterocycles. The second-order valence-corrected chi connectivity index (χ2v) is 6.74. The first-order valence-corrected chi connectivity index (χ1v) is 9.63. The number of hydrogen-bond acceptors (Lipinski definition) is 5. The van der Waals surface area contributed by atoms with Gasteiger partial charge in [-0.1, -0.05) is 42.5 Å². The highest BCUT2D eigenvalue weighted by Gasteiger charge is 2.28. The lowest BCUT2D eigenvalue weighted by Crippen LogP contribution is -2.29. The number of carbonyl (C=O) groups is 3. The maximum atomic E-state index is 13.2. The molecule has 0 saturated heterocycles. The Labute approximate surface area is 184 Å². The first-order chi connectivity index (χ1) is 15.4. The molecule has 0 heterocycles. The Hall–Kier alpha value is -4.20. The maximum absolute atomic E-state index is 13.2. The molecule has 3 aromatic carbocycles. The molecule has 2 amide bonds. The van der Waals surface area contributed by atoms with E-state index < -0.39 is 29.9 Å². The monoisotopic (exact) mass is 436 g/mol. The average Bonchev–Trinajstić information content (AvgIpc) is 2.83. The van der Waals surface area contributed by atoms with Crippen molar-refractivity contribution < 1.29 is 28.2 Å². The van der Waals surface area contributed by atoms with Gasteiger partial charge in [-0.15, -0.1) is 0 Å². The molecule has 8 heteroatoms. The highest BCUT2D eigenvalue weighted by Crippen LogP contribution is 2.26. The van der Waals surface area contributed by atoms with E-state index in [4.69, 9.17) is 9.47 Å². The molecular weight excluding hydrogens is 415 g/mol. The number of hydrogen-bond donors (Lipinski definition) is 1. The van der Waals surface area contributed by atoms with Crippen molar-refractivity contribution in [3.8, 4) is 0 Å². The van der Waals surface area contributed by atoms with Crippen molar-refractivity contribution >= 4 is 29.3 Å². The summed E-state index contributed by atoms with van der Waals surface area (Å²) >= 11 is 0. The van der Waals surface area contributed by atoms with Crippen LogP contribution in [0.4, 0.5) is 20.6 Å². The molecule has 0 fully saturated rings. The van der Waals surface area contributed by atoms with E-state index in [1.54, 1.807) is 48.5 Å². The third kappa shape index (κ3) is 5.28. The van der Waals surface area contributed by atoms with Crippen molar-refractivity contribution in [3.63, 3.8) is 0 Å². The van der Waals surface area contributed by atoms with Gasteiger partial charge in [-0.05, 0) is 36.4 Å². The van der Waals surface area contributed by atoms with E-state index in [0.717, 1.165) is 4.90 Å². The predicted molar refractivity (Wildman–Crippen MR) is 117 cm³/mol. The molecule has 0 aliphatic heterocycles. The Balaban J connectivity index is 1.89. The molecule has 0 unspecified atom stereocenters. The van der Waals surface area contributed by atoms with Gasteiger partial charge in [0.1, 0.15) is 5.82 Å². The number of para-hydroxylation sites is 1. The zero-order chi connectivity index (χ0) is 23.1. The van der Waals surface area contributed by atoms with E-state index in [0.29, 0.717) is 11.3 Å².